The number of carbonyl (C=O) groups is 1. The molecule has 0 saturated carbocycles. The number of benzene rings is 1. The summed E-state index contributed by atoms with van der Waals surface area (Å²) in [4.78, 5) is 16.3. The van der Waals surface area contributed by atoms with Gasteiger partial charge in [-0.3, -0.25) is 9.89 Å². The number of aromatic amines is 1. The molecule has 0 radical (unpaired) electrons. The summed E-state index contributed by atoms with van der Waals surface area (Å²) >= 11 is 0. The molecule has 0 aliphatic heterocycles. The molecule has 1 amide bonds. The van der Waals surface area contributed by atoms with Crippen LogP contribution in [0.4, 0.5) is 5.69 Å². The van der Waals surface area contributed by atoms with Crippen molar-refractivity contribution < 1.29 is 9.21 Å². The second-order valence-corrected chi connectivity index (χ2v) is 5.34. The Morgan fingerprint density at radius 2 is 2.16 bits per heavy atom. The van der Waals surface area contributed by atoms with Gasteiger partial charge in [-0.25, -0.2) is 4.98 Å². The Balaban J connectivity index is 1.64. The Morgan fingerprint density at radius 3 is 2.88 bits per heavy atom. The van der Waals surface area contributed by atoms with E-state index >= 15 is 0 Å². The highest BCUT2D eigenvalue weighted by Gasteiger charge is 2.12. The number of carbonyl (C=O) groups excluding carboxylic acids is 1. The van der Waals surface area contributed by atoms with Gasteiger partial charge in [0.25, 0.3) is 5.91 Å². The highest BCUT2D eigenvalue weighted by atomic mass is 16.3. The van der Waals surface area contributed by atoms with Gasteiger partial charge in [-0.1, -0.05) is 0 Å². The molecule has 0 fully saturated rings. The van der Waals surface area contributed by atoms with Crippen LogP contribution in [-0.2, 0) is 0 Å². The van der Waals surface area contributed by atoms with E-state index in [1.165, 1.54) is 12.3 Å². The summed E-state index contributed by atoms with van der Waals surface area (Å²) in [6, 6.07) is 12.3. The predicted molar refractivity (Wildman–Crippen MR) is 90.7 cm³/mol. The summed E-state index contributed by atoms with van der Waals surface area (Å²) in [6.45, 7) is 0. The average Bonchev–Trinajstić information content (AvgIpc) is 3.30. The second-order valence-electron chi connectivity index (χ2n) is 5.34. The van der Waals surface area contributed by atoms with Gasteiger partial charge in [0.2, 0.25) is 0 Å². The maximum absolute atomic E-state index is 12.3. The molecule has 120 valence electrons. The van der Waals surface area contributed by atoms with Crippen LogP contribution in [0.1, 0.15) is 16.1 Å². The zero-order valence-corrected chi connectivity index (χ0v) is 12.9. The van der Waals surface area contributed by atoms with Crippen molar-refractivity contribution in [2.75, 3.05) is 5.32 Å². The van der Waals surface area contributed by atoms with Gasteiger partial charge in [0.15, 0.2) is 0 Å². The fourth-order valence-corrected chi connectivity index (χ4v) is 2.50. The van der Waals surface area contributed by atoms with Gasteiger partial charge in [-0.05, 0) is 36.4 Å². The molecule has 0 bridgehead atoms. The molecule has 0 aliphatic rings. The monoisotopic (exact) mass is 329 g/mol. The third kappa shape index (κ3) is 2.72. The molecular formula is C18H11N5O2. The Morgan fingerprint density at radius 1 is 1.24 bits per heavy atom. The fourth-order valence-electron chi connectivity index (χ4n) is 2.50. The number of anilines is 1. The quantitative estimate of drug-likeness (QED) is 0.599. The SMILES string of the molecule is N#Cc1ccc(C(=O)Nc2ccc3[nH]nc(-c4ccoc4)c3c2)nc1. The number of hydrogen-bond donors (Lipinski definition) is 2. The number of aromatic nitrogens is 3. The molecule has 2 N–H and O–H groups in total. The van der Waals surface area contributed by atoms with Crippen LogP contribution in [0.2, 0.25) is 0 Å². The highest BCUT2D eigenvalue weighted by Crippen LogP contribution is 2.28. The van der Waals surface area contributed by atoms with Gasteiger partial charge in [0.1, 0.15) is 17.5 Å². The number of nitriles is 1. The maximum atomic E-state index is 12.3. The smallest absolute Gasteiger partial charge is 0.274 e. The van der Waals surface area contributed by atoms with Crippen molar-refractivity contribution in [2.24, 2.45) is 0 Å². The molecule has 4 aromatic rings. The molecule has 7 heteroatoms. The van der Waals surface area contributed by atoms with Crippen LogP contribution in [0.15, 0.2) is 59.5 Å². The molecule has 3 heterocycles. The van der Waals surface area contributed by atoms with E-state index in [1.807, 2.05) is 24.3 Å². The van der Waals surface area contributed by atoms with Gasteiger partial charge < -0.3 is 9.73 Å². The Kier molecular flexibility index (Phi) is 3.48. The third-order valence-electron chi connectivity index (χ3n) is 3.74. The maximum Gasteiger partial charge on any atom is 0.274 e. The minimum absolute atomic E-state index is 0.237. The summed E-state index contributed by atoms with van der Waals surface area (Å²) in [6.07, 6.45) is 4.56. The lowest BCUT2D eigenvalue weighted by molar-refractivity contribution is 0.102. The van der Waals surface area contributed by atoms with Crippen LogP contribution < -0.4 is 5.32 Å². The van der Waals surface area contributed by atoms with Crippen molar-refractivity contribution in [1.29, 1.82) is 5.26 Å². The first-order valence-electron chi connectivity index (χ1n) is 7.43. The van der Waals surface area contributed by atoms with E-state index in [1.54, 1.807) is 24.7 Å². The molecule has 0 saturated heterocycles. The van der Waals surface area contributed by atoms with Crippen LogP contribution in [-0.4, -0.2) is 21.1 Å². The van der Waals surface area contributed by atoms with E-state index in [0.29, 0.717) is 11.3 Å². The van der Waals surface area contributed by atoms with Crippen molar-refractivity contribution in [3.05, 3.63) is 66.4 Å². The minimum Gasteiger partial charge on any atom is -0.472 e. The van der Waals surface area contributed by atoms with Crippen LogP contribution >= 0.6 is 0 Å². The summed E-state index contributed by atoms with van der Waals surface area (Å²) in [5.74, 6) is -0.350. The molecule has 0 spiro atoms. The lowest BCUT2D eigenvalue weighted by atomic mass is 10.1. The zero-order valence-electron chi connectivity index (χ0n) is 12.9. The largest absolute Gasteiger partial charge is 0.472 e. The summed E-state index contributed by atoms with van der Waals surface area (Å²) in [5.41, 5.74) is 3.71. The molecule has 4 rings (SSSR count). The summed E-state index contributed by atoms with van der Waals surface area (Å²) in [7, 11) is 0. The Hall–Kier alpha value is -3.92. The molecule has 1 aromatic carbocycles. The third-order valence-corrected chi connectivity index (χ3v) is 3.74. The van der Waals surface area contributed by atoms with E-state index in [0.717, 1.165) is 22.2 Å². The van der Waals surface area contributed by atoms with Gasteiger partial charge in [-0.15, -0.1) is 0 Å². The van der Waals surface area contributed by atoms with Crippen LogP contribution in [0, 0.1) is 11.3 Å². The van der Waals surface area contributed by atoms with E-state index in [-0.39, 0.29) is 11.6 Å². The number of amides is 1. The number of nitrogens with one attached hydrogen (secondary N) is 2. The van der Waals surface area contributed by atoms with E-state index in [4.69, 9.17) is 9.68 Å². The summed E-state index contributed by atoms with van der Waals surface area (Å²) in [5, 5.41) is 19.7. The lowest BCUT2D eigenvalue weighted by Gasteiger charge is -2.05. The molecule has 0 aliphatic carbocycles. The number of furan rings is 1. The number of rotatable bonds is 3. The Labute approximate surface area is 141 Å². The number of nitrogens with zero attached hydrogens (tertiary/aromatic N) is 3. The van der Waals surface area contributed by atoms with Gasteiger partial charge in [0, 0.05) is 22.8 Å². The normalized spacial score (nSPS) is 10.5. The first-order chi connectivity index (χ1) is 12.2. The minimum atomic E-state index is -0.350. The van der Waals surface area contributed by atoms with Crippen LogP contribution in [0.25, 0.3) is 22.2 Å². The number of fused-ring (bicyclic) bond motifs is 1. The van der Waals surface area contributed by atoms with E-state index < -0.39 is 0 Å². The van der Waals surface area contributed by atoms with Gasteiger partial charge in [-0.2, -0.15) is 10.4 Å². The standard InChI is InChI=1S/C18H11N5O2/c19-8-11-1-3-16(20-9-11)18(24)21-13-2-4-15-14(7-13)17(23-22-15)12-5-6-25-10-12/h1-7,9-10H,(H,21,24)(H,22,23). The zero-order chi connectivity index (χ0) is 17.2. The molecule has 7 nitrogen and oxygen atoms in total. The molecule has 0 unspecified atom stereocenters. The average molecular weight is 329 g/mol. The number of pyridine rings is 1. The lowest BCUT2D eigenvalue weighted by Crippen LogP contribution is -2.13. The van der Waals surface area contributed by atoms with Crippen LogP contribution in [0.3, 0.4) is 0 Å². The van der Waals surface area contributed by atoms with Crippen LogP contribution in [0.5, 0.6) is 0 Å². The topological polar surface area (TPSA) is 108 Å². The Bertz CT molecular complexity index is 1090. The molecule has 25 heavy (non-hydrogen) atoms. The van der Waals surface area contributed by atoms with Crippen molar-refractivity contribution in [1.82, 2.24) is 15.2 Å². The van der Waals surface area contributed by atoms with Gasteiger partial charge in [0.05, 0.1) is 23.6 Å². The van der Waals surface area contributed by atoms with E-state index in [2.05, 4.69) is 20.5 Å². The molecule has 3 aromatic heterocycles. The van der Waals surface area contributed by atoms with Crippen molar-refractivity contribution >= 4 is 22.5 Å². The highest BCUT2D eigenvalue weighted by molar-refractivity contribution is 6.04. The molecule has 0 atom stereocenters. The molecular weight excluding hydrogens is 318 g/mol. The van der Waals surface area contributed by atoms with Crippen molar-refractivity contribution in [2.45, 2.75) is 0 Å². The van der Waals surface area contributed by atoms with Crippen molar-refractivity contribution in [3.8, 4) is 17.3 Å². The first-order valence-corrected chi connectivity index (χ1v) is 7.43. The van der Waals surface area contributed by atoms with Crippen molar-refractivity contribution in [3.63, 3.8) is 0 Å². The van der Waals surface area contributed by atoms with Gasteiger partial charge >= 0.3 is 0 Å². The fraction of sp³-hybridized carbons (Fsp3) is 0. The number of hydrogen-bond acceptors (Lipinski definition) is 5. The van der Waals surface area contributed by atoms with E-state index in [9.17, 15) is 4.79 Å². The first kappa shape index (κ1) is 14.7. The number of H-pyrrole nitrogens is 1. The summed E-state index contributed by atoms with van der Waals surface area (Å²) < 4.78 is 5.10. The predicted octanol–water partition coefficient (Wildman–Crippen LogP) is 3.34. The second kappa shape index (κ2) is 5.94.